The van der Waals surface area contributed by atoms with E-state index < -0.39 is 0 Å². The highest BCUT2D eigenvalue weighted by atomic mass is 15.3. The van der Waals surface area contributed by atoms with Gasteiger partial charge in [-0.25, -0.2) is 0 Å². The Morgan fingerprint density at radius 3 is 2.69 bits per heavy atom. The lowest BCUT2D eigenvalue weighted by Crippen LogP contribution is -2.25. The maximum Gasteiger partial charge on any atom is 0.0640 e. The van der Waals surface area contributed by atoms with Crippen LogP contribution >= 0.6 is 0 Å². The Hall–Kier alpha value is -0.830. The van der Waals surface area contributed by atoms with Crippen LogP contribution in [0.2, 0.25) is 0 Å². The largest absolute Gasteiger partial charge is 0.327 e. The van der Waals surface area contributed by atoms with Gasteiger partial charge in [-0.2, -0.15) is 5.10 Å². The quantitative estimate of drug-likeness (QED) is 0.802. The van der Waals surface area contributed by atoms with Crippen LogP contribution in [0.25, 0.3) is 0 Å². The highest BCUT2D eigenvalue weighted by Gasteiger charge is 2.28. The van der Waals surface area contributed by atoms with E-state index in [0.29, 0.717) is 12.1 Å². The topological polar surface area (TPSA) is 43.8 Å². The van der Waals surface area contributed by atoms with Crippen molar-refractivity contribution in [2.24, 2.45) is 11.7 Å². The van der Waals surface area contributed by atoms with Gasteiger partial charge in [0.15, 0.2) is 0 Å². The van der Waals surface area contributed by atoms with Crippen molar-refractivity contribution >= 4 is 0 Å². The van der Waals surface area contributed by atoms with E-state index in [2.05, 4.69) is 35.9 Å². The highest BCUT2D eigenvalue weighted by molar-refractivity contribution is 5.04. The Morgan fingerprint density at radius 2 is 2.12 bits per heavy atom. The Morgan fingerprint density at radius 1 is 1.44 bits per heavy atom. The lowest BCUT2D eigenvalue weighted by molar-refractivity contribution is 0.423. The van der Waals surface area contributed by atoms with E-state index >= 15 is 0 Å². The molecule has 1 aromatic heterocycles. The summed E-state index contributed by atoms with van der Waals surface area (Å²) >= 11 is 0. The molecule has 1 heterocycles. The molecule has 1 atom stereocenters. The average Bonchev–Trinajstić information content (AvgIpc) is 3.04. The SMILES string of the molecule is CCC(CC)n1ccc(CC(N)C2CC2)n1. The van der Waals surface area contributed by atoms with Gasteiger partial charge in [0.05, 0.1) is 11.7 Å². The second-order valence-corrected chi connectivity index (χ2v) is 4.96. The molecule has 0 aliphatic heterocycles. The zero-order valence-corrected chi connectivity index (χ0v) is 10.4. The van der Waals surface area contributed by atoms with Crippen LogP contribution in [0.15, 0.2) is 12.3 Å². The Balaban J connectivity index is 1.95. The molecular formula is C13H23N3. The highest BCUT2D eigenvalue weighted by Crippen LogP contribution is 2.32. The molecule has 3 nitrogen and oxygen atoms in total. The number of hydrogen-bond donors (Lipinski definition) is 1. The molecule has 2 N–H and O–H groups in total. The molecule has 90 valence electrons. The van der Waals surface area contributed by atoms with Crippen LogP contribution in [0.4, 0.5) is 0 Å². The molecule has 1 aromatic rings. The molecule has 1 fully saturated rings. The van der Waals surface area contributed by atoms with Crippen molar-refractivity contribution in [1.29, 1.82) is 0 Å². The van der Waals surface area contributed by atoms with E-state index in [1.54, 1.807) is 0 Å². The summed E-state index contributed by atoms with van der Waals surface area (Å²) in [5.41, 5.74) is 7.27. The first-order valence-electron chi connectivity index (χ1n) is 6.54. The summed E-state index contributed by atoms with van der Waals surface area (Å²) < 4.78 is 2.11. The zero-order valence-electron chi connectivity index (χ0n) is 10.4. The third-order valence-electron chi connectivity index (χ3n) is 3.65. The van der Waals surface area contributed by atoms with E-state index in [1.807, 2.05) is 0 Å². The molecule has 2 rings (SSSR count). The predicted molar refractivity (Wildman–Crippen MR) is 66.2 cm³/mol. The maximum atomic E-state index is 6.11. The Kier molecular flexibility index (Phi) is 3.64. The minimum Gasteiger partial charge on any atom is -0.327 e. The third kappa shape index (κ3) is 2.64. The normalized spacial score (nSPS) is 18.0. The van der Waals surface area contributed by atoms with Crippen LogP contribution < -0.4 is 5.73 Å². The van der Waals surface area contributed by atoms with Gasteiger partial charge in [0.2, 0.25) is 0 Å². The molecule has 0 amide bonds. The van der Waals surface area contributed by atoms with Gasteiger partial charge in [0.25, 0.3) is 0 Å². The predicted octanol–water partition coefficient (Wildman–Crippen LogP) is 2.52. The molecule has 1 saturated carbocycles. The molecule has 0 radical (unpaired) electrons. The summed E-state index contributed by atoms with van der Waals surface area (Å²) in [6.07, 6.45) is 7.96. The van der Waals surface area contributed by atoms with E-state index in [-0.39, 0.29) is 0 Å². The van der Waals surface area contributed by atoms with Crippen LogP contribution in [-0.2, 0) is 6.42 Å². The fourth-order valence-corrected chi connectivity index (χ4v) is 2.28. The van der Waals surface area contributed by atoms with Crippen molar-refractivity contribution in [3.63, 3.8) is 0 Å². The van der Waals surface area contributed by atoms with Crippen molar-refractivity contribution in [1.82, 2.24) is 9.78 Å². The monoisotopic (exact) mass is 221 g/mol. The second kappa shape index (κ2) is 5.00. The molecule has 1 unspecified atom stereocenters. The first-order chi connectivity index (χ1) is 7.74. The van der Waals surface area contributed by atoms with E-state index in [4.69, 9.17) is 5.73 Å². The summed E-state index contributed by atoms with van der Waals surface area (Å²) in [5.74, 6) is 0.762. The Labute approximate surface area is 98.0 Å². The maximum absolute atomic E-state index is 6.11. The minimum absolute atomic E-state index is 0.324. The van der Waals surface area contributed by atoms with Crippen molar-refractivity contribution in [2.75, 3.05) is 0 Å². The molecule has 3 heteroatoms. The van der Waals surface area contributed by atoms with Crippen LogP contribution in [0, 0.1) is 5.92 Å². The lowest BCUT2D eigenvalue weighted by Gasteiger charge is -2.13. The van der Waals surface area contributed by atoms with Crippen LogP contribution in [0.1, 0.15) is 51.3 Å². The van der Waals surface area contributed by atoms with Crippen LogP contribution in [0.3, 0.4) is 0 Å². The average molecular weight is 221 g/mol. The first-order valence-corrected chi connectivity index (χ1v) is 6.54. The van der Waals surface area contributed by atoms with Gasteiger partial charge >= 0.3 is 0 Å². The molecule has 0 bridgehead atoms. The summed E-state index contributed by atoms with van der Waals surface area (Å²) in [7, 11) is 0. The fraction of sp³-hybridized carbons (Fsp3) is 0.769. The molecule has 1 aliphatic carbocycles. The van der Waals surface area contributed by atoms with Crippen molar-refractivity contribution < 1.29 is 0 Å². The number of aromatic nitrogens is 2. The van der Waals surface area contributed by atoms with Gasteiger partial charge in [0, 0.05) is 18.7 Å². The van der Waals surface area contributed by atoms with Gasteiger partial charge < -0.3 is 5.73 Å². The third-order valence-corrected chi connectivity index (χ3v) is 3.65. The fourth-order valence-electron chi connectivity index (χ4n) is 2.28. The van der Waals surface area contributed by atoms with Crippen molar-refractivity contribution in [3.05, 3.63) is 18.0 Å². The smallest absolute Gasteiger partial charge is 0.0640 e. The molecule has 0 aromatic carbocycles. The number of nitrogens with two attached hydrogens (primary N) is 1. The molecule has 0 spiro atoms. The van der Waals surface area contributed by atoms with Crippen molar-refractivity contribution in [3.8, 4) is 0 Å². The number of rotatable bonds is 6. The standard InChI is InChI=1S/C13H23N3/c1-3-12(4-2)16-8-7-11(15-16)9-13(14)10-5-6-10/h7-8,10,12-13H,3-6,9,14H2,1-2H3. The molecular weight excluding hydrogens is 198 g/mol. The van der Waals surface area contributed by atoms with Gasteiger partial charge in [-0.1, -0.05) is 13.8 Å². The molecule has 16 heavy (non-hydrogen) atoms. The van der Waals surface area contributed by atoms with Crippen LogP contribution in [0.5, 0.6) is 0 Å². The van der Waals surface area contributed by atoms with E-state index in [0.717, 1.165) is 30.9 Å². The van der Waals surface area contributed by atoms with E-state index in [1.165, 1.54) is 12.8 Å². The number of hydrogen-bond acceptors (Lipinski definition) is 2. The van der Waals surface area contributed by atoms with Gasteiger partial charge in [-0.15, -0.1) is 0 Å². The van der Waals surface area contributed by atoms with Gasteiger partial charge in [-0.3, -0.25) is 4.68 Å². The summed E-state index contributed by atoms with van der Waals surface area (Å²) in [5, 5.41) is 4.64. The zero-order chi connectivity index (χ0) is 11.5. The molecule has 0 saturated heterocycles. The minimum atomic E-state index is 0.324. The Bertz CT molecular complexity index is 324. The van der Waals surface area contributed by atoms with E-state index in [9.17, 15) is 0 Å². The molecule has 1 aliphatic rings. The van der Waals surface area contributed by atoms with Crippen molar-refractivity contribution in [2.45, 2.75) is 58.0 Å². The van der Waals surface area contributed by atoms with Gasteiger partial charge in [0.1, 0.15) is 0 Å². The first kappa shape index (κ1) is 11.6. The summed E-state index contributed by atoms with van der Waals surface area (Å²) in [4.78, 5) is 0. The number of nitrogens with zero attached hydrogens (tertiary/aromatic N) is 2. The summed E-state index contributed by atoms with van der Waals surface area (Å²) in [6, 6.07) is 3.00. The van der Waals surface area contributed by atoms with Crippen LogP contribution in [-0.4, -0.2) is 15.8 Å². The van der Waals surface area contributed by atoms with Gasteiger partial charge in [-0.05, 0) is 37.7 Å². The second-order valence-electron chi connectivity index (χ2n) is 4.96. The summed E-state index contributed by atoms with van der Waals surface area (Å²) in [6.45, 7) is 4.43. The lowest BCUT2D eigenvalue weighted by atomic mass is 10.1.